The molecule has 3 aromatic rings. The number of nitrogens with two attached hydrogens (primary N) is 2. The fourth-order valence-corrected chi connectivity index (χ4v) is 2.56. The number of anilines is 3. The maximum atomic E-state index is 14.3. The van der Waals surface area contributed by atoms with Crippen molar-refractivity contribution in [2.45, 2.75) is 19.4 Å². The van der Waals surface area contributed by atoms with Crippen molar-refractivity contribution in [3.8, 4) is 0 Å². The monoisotopic (exact) mass is 368 g/mol. The van der Waals surface area contributed by atoms with E-state index in [4.69, 9.17) is 11.5 Å². The van der Waals surface area contributed by atoms with E-state index in [1.807, 2.05) is 31.2 Å². The van der Waals surface area contributed by atoms with Crippen molar-refractivity contribution in [2.24, 2.45) is 11.5 Å². The summed E-state index contributed by atoms with van der Waals surface area (Å²) in [5.41, 5.74) is 12.7. The molecule has 0 aliphatic heterocycles. The SMILES string of the molecule is CC[C@H](N)CNc1nc(Nc2ccc3ncccc3c2)c(C(N)=O)cc1F. The Morgan fingerprint density at radius 2 is 2.07 bits per heavy atom. The average molecular weight is 368 g/mol. The number of aromatic nitrogens is 2. The van der Waals surface area contributed by atoms with E-state index in [1.165, 1.54) is 0 Å². The van der Waals surface area contributed by atoms with E-state index >= 15 is 0 Å². The molecule has 0 aliphatic rings. The van der Waals surface area contributed by atoms with E-state index in [-0.39, 0.29) is 23.2 Å². The van der Waals surface area contributed by atoms with Crippen LogP contribution in [0.2, 0.25) is 0 Å². The molecule has 1 atom stereocenters. The molecule has 0 saturated carbocycles. The smallest absolute Gasteiger partial charge is 0.252 e. The molecule has 1 aromatic carbocycles. The van der Waals surface area contributed by atoms with Crippen molar-refractivity contribution in [1.29, 1.82) is 0 Å². The topological polar surface area (TPSA) is 119 Å². The first-order valence-corrected chi connectivity index (χ1v) is 8.59. The zero-order chi connectivity index (χ0) is 19.4. The molecule has 0 radical (unpaired) electrons. The van der Waals surface area contributed by atoms with Crippen LogP contribution in [0.3, 0.4) is 0 Å². The van der Waals surface area contributed by atoms with Gasteiger partial charge < -0.3 is 22.1 Å². The molecule has 3 rings (SSSR count). The van der Waals surface area contributed by atoms with Crippen LogP contribution < -0.4 is 22.1 Å². The van der Waals surface area contributed by atoms with Gasteiger partial charge in [-0.25, -0.2) is 9.37 Å². The number of nitrogens with zero attached hydrogens (tertiary/aromatic N) is 2. The third-order valence-electron chi connectivity index (χ3n) is 4.16. The van der Waals surface area contributed by atoms with Gasteiger partial charge in [0.05, 0.1) is 11.1 Å². The Morgan fingerprint density at radius 1 is 1.26 bits per heavy atom. The zero-order valence-corrected chi connectivity index (χ0v) is 14.9. The lowest BCUT2D eigenvalue weighted by Crippen LogP contribution is -2.28. The number of nitrogens with one attached hydrogen (secondary N) is 2. The summed E-state index contributed by atoms with van der Waals surface area (Å²) in [6.07, 6.45) is 2.45. The van der Waals surface area contributed by atoms with Crippen LogP contribution >= 0.6 is 0 Å². The van der Waals surface area contributed by atoms with Gasteiger partial charge in [-0.1, -0.05) is 13.0 Å². The van der Waals surface area contributed by atoms with E-state index in [2.05, 4.69) is 20.6 Å². The van der Waals surface area contributed by atoms with Crippen LogP contribution in [0.15, 0.2) is 42.6 Å². The quantitative estimate of drug-likeness (QED) is 0.509. The molecule has 1 amide bonds. The molecular weight excluding hydrogens is 347 g/mol. The number of carbonyl (C=O) groups excluding carboxylic acids is 1. The van der Waals surface area contributed by atoms with Gasteiger partial charge >= 0.3 is 0 Å². The predicted octanol–water partition coefficient (Wildman–Crippen LogP) is 2.76. The van der Waals surface area contributed by atoms with Crippen molar-refractivity contribution >= 4 is 34.1 Å². The largest absolute Gasteiger partial charge is 0.366 e. The Balaban J connectivity index is 1.94. The summed E-state index contributed by atoms with van der Waals surface area (Å²) in [5, 5.41) is 6.82. The van der Waals surface area contributed by atoms with Crippen LogP contribution in [0.4, 0.5) is 21.7 Å². The molecule has 8 heteroatoms. The van der Waals surface area contributed by atoms with Crippen LogP contribution in [0.5, 0.6) is 0 Å². The minimum absolute atomic E-state index is 0.00820. The number of hydrogen-bond donors (Lipinski definition) is 4. The lowest BCUT2D eigenvalue weighted by atomic mass is 10.2. The lowest BCUT2D eigenvalue weighted by molar-refractivity contribution is 0.100. The van der Waals surface area contributed by atoms with Crippen molar-refractivity contribution in [2.75, 3.05) is 17.2 Å². The predicted molar refractivity (Wildman–Crippen MR) is 104 cm³/mol. The van der Waals surface area contributed by atoms with Crippen molar-refractivity contribution in [3.05, 3.63) is 54.0 Å². The summed E-state index contributed by atoms with van der Waals surface area (Å²) in [6, 6.07) is 10.2. The number of halogens is 1. The van der Waals surface area contributed by atoms with Gasteiger partial charge in [0.25, 0.3) is 5.91 Å². The van der Waals surface area contributed by atoms with Gasteiger partial charge in [0.1, 0.15) is 5.82 Å². The number of carbonyl (C=O) groups is 1. The van der Waals surface area contributed by atoms with Gasteiger partial charge in [-0.2, -0.15) is 0 Å². The van der Waals surface area contributed by atoms with E-state index in [0.29, 0.717) is 12.2 Å². The van der Waals surface area contributed by atoms with Gasteiger partial charge in [-0.05, 0) is 36.8 Å². The molecule has 27 heavy (non-hydrogen) atoms. The molecule has 6 N–H and O–H groups in total. The second kappa shape index (κ2) is 7.96. The highest BCUT2D eigenvalue weighted by Crippen LogP contribution is 2.25. The van der Waals surface area contributed by atoms with Crippen molar-refractivity contribution in [3.63, 3.8) is 0 Å². The molecule has 0 unspecified atom stereocenters. The fraction of sp³-hybridized carbons (Fsp3) is 0.211. The molecule has 0 bridgehead atoms. The van der Waals surface area contributed by atoms with Gasteiger partial charge in [0.2, 0.25) is 0 Å². The Bertz CT molecular complexity index is 978. The first-order valence-electron chi connectivity index (χ1n) is 8.59. The van der Waals surface area contributed by atoms with Gasteiger partial charge in [0, 0.05) is 29.9 Å². The van der Waals surface area contributed by atoms with Crippen LogP contribution in [-0.4, -0.2) is 28.5 Å². The third-order valence-corrected chi connectivity index (χ3v) is 4.16. The third kappa shape index (κ3) is 4.29. The molecule has 0 aliphatic carbocycles. The summed E-state index contributed by atoms with van der Waals surface area (Å²) >= 11 is 0. The van der Waals surface area contributed by atoms with Gasteiger partial charge in [-0.3, -0.25) is 9.78 Å². The number of benzene rings is 1. The Hall–Kier alpha value is -3.26. The summed E-state index contributed by atoms with van der Waals surface area (Å²) in [4.78, 5) is 20.2. The summed E-state index contributed by atoms with van der Waals surface area (Å²) in [7, 11) is 0. The summed E-state index contributed by atoms with van der Waals surface area (Å²) in [6.45, 7) is 2.30. The summed E-state index contributed by atoms with van der Waals surface area (Å²) in [5.74, 6) is -1.27. The molecule has 2 aromatic heterocycles. The lowest BCUT2D eigenvalue weighted by Gasteiger charge is -2.15. The second-order valence-electron chi connectivity index (χ2n) is 6.16. The van der Waals surface area contributed by atoms with E-state index in [9.17, 15) is 9.18 Å². The highest BCUT2D eigenvalue weighted by atomic mass is 19.1. The zero-order valence-electron chi connectivity index (χ0n) is 14.9. The Labute approximate surface area is 156 Å². The molecule has 2 heterocycles. The van der Waals surface area contributed by atoms with E-state index in [0.717, 1.165) is 23.4 Å². The highest BCUT2D eigenvalue weighted by Gasteiger charge is 2.16. The van der Waals surface area contributed by atoms with Gasteiger partial charge in [-0.15, -0.1) is 0 Å². The minimum Gasteiger partial charge on any atom is -0.366 e. The fourth-order valence-electron chi connectivity index (χ4n) is 2.56. The Morgan fingerprint density at radius 3 is 2.81 bits per heavy atom. The van der Waals surface area contributed by atoms with Gasteiger partial charge in [0.15, 0.2) is 11.6 Å². The molecule has 140 valence electrons. The summed E-state index contributed by atoms with van der Waals surface area (Å²) < 4.78 is 14.3. The van der Waals surface area contributed by atoms with Crippen molar-refractivity contribution < 1.29 is 9.18 Å². The minimum atomic E-state index is -0.775. The second-order valence-corrected chi connectivity index (χ2v) is 6.16. The standard InChI is InChI=1S/C19H21FN6O/c1-2-12(21)10-24-19-15(20)9-14(17(22)27)18(26-19)25-13-5-6-16-11(8-13)4-3-7-23-16/h3-9,12H,2,10,21H2,1H3,(H2,22,27)(H2,24,25,26)/t12-/m0/s1. The molecular formula is C19H21FN6O. The van der Waals surface area contributed by atoms with Crippen LogP contribution in [-0.2, 0) is 0 Å². The highest BCUT2D eigenvalue weighted by molar-refractivity contribution is 5.99. The number of pyridine rings is 2. The van der Waals surface area contributed by atoms with Crippen LogP contribution in [0, 0.1) is 5.82 Å². The number of primary amides is 1. The molecule has 0 saturated heterocycles. The number of fused-ring (bicyclic) bond motifs is 1. The van der Waals surface area contributed by atoms with Crippen molar-refractivity contribution in [1.82, 2.24) is 9.97 Å². The normalized spacial score (nSPS) is 12.0. The van der Waals surface area contributed by atoms with E-state index < -0.39 is 11.7 Å². The number of amides is 1. The molecule has 7 nitrogen and oxygen atoms in total. The van der Waals surface area contributed by atoms with Crippen LogP contribution in [0.25, 0.3) is 10.9 Å². The maximum Gasteiger partial charge on any atom is 0.252 e. The number of rotatable bonds is 7. The Kier molecular flexibility index (Phi) is 5.46. The maximum absolute atomic E-state index is 14.3. The molecule has 0 spiro atoms. The van der Waals surface area contributed by atoms with E-state index in [1.54, 1.807) is 12.3 Å². The number of hydrogen-bond acceptors (Lipinski definition) is 6. The molecule has 0 fully saturated rings. The van der Waals surface area contributed by atoms with Crippen LogP contribution in [0.1, 0.15) is 23.7 Å². The average Bonchev–Trinajstić information content (AvgIpc) is 2.67. The first-order chi connectivity index (χ1) is 13.0. The first kappa shape index (κ1) is 18.5.